The predicted molar refractivity (Wildman–Crippen MR) is 96.4 cm³/mol. The smallest absolute Gasteiger partial charge is 0.189 e. The van der Waals surface area contributed by atoms with Crippen molar-refractivity contribution in [3.05, 3.63) is 24.3 Å². The fourth-order valence-corrected chi connectivity index (χ4v) is 2.93. The summed E-state index contributed by atoms with van der Waals surface area (Å²) in [7, 11) is 0. The van der Waals surface area contributed by atoms with Crippen molar-refractivity contribution in [3.63, 3.8) is 0 Å². The van der Waals surface area contributed by atoms with Crippen LogP contribution in [0, 0.1) is 10.8 Å². The second-order valence-corrected chi connectivity index (χ2v) is 7.39. The molecule has 0 radical (unpaired) electrons. The lowest BCUT2D eigenvalue weighted by molar-refractivity contribution is -0.162. The summed E-state index contributed by atoms with van der Waals surface area (Å²) in [4.78, 5) is 0. The normalized spacial score (nSPS) is 20.1. The highest BCUT2D eigenvalue weighted by Gasteiger charge is 2.37. The molecule has 1 aromatic carbocycles. The highest BCUT2D eigenvalue weighted by Crippen LogP contribution is 2.32. The van der Waals surface area contributed by atoms with Crippen molar-refractivity contribution in [1.82, 2.24) is 0 Å². The van der Waals surface area contributed by atoms with E-state index in [1.54, 1.807) is 0 Å². The number of hydrogen-bond donors (Lipinski definition) is 0. The maximum atomic E-state index is 5.64. The fourth-order valence-electron chi connectivity index (χ4n) is 2.93. The van der Waals surface area contributed by atoms with Crippen molar-refractivity contribution >= 4 is 0 Å². The van der Waals surface area contributed by atoms with Crippen LogP contribution in [0.4, 0.5) is 0 Å². The standard InChI is InChI=1S/C20H30O6/c1-3-19(9-21-10-19)13-23-15-25-17-5-7-18(8-6-17)26-16-24-14-20(4-2)11-22-12-20/h5-8H,3-4,9-16H2,1-2H3. The molecule has 2 heterocycles. The molecular formula is C20H30O6. The summed E-state index contributed by atoms with van der Waals surface area (Å²) in [5, 5.41) is 0. The largest absolute Gasteiger partial charge is 0.468 e. The monoisotopic (exact) mass is 366 g/mol. The molecule has 2 aliphatic rings. The Bertz CT molecular complexity index is 476. The molecular weight excluding hydrogens is 336 g/mol. The Morgan fingerprint density at radius 1 is 0.731 bits per heavy atom. The van der Waals surface area contributed by atoms with Crippen molar-refractivity contribution in [3.8, 4) is 11.5 Å². The average molecular weight is 366 g/mol. The van der Waals surface area contributed by atoms with Gasteiger partial charge < -0.3 is 28.4 Å². The Morgan fingerprint density at radius 2 is 1.12 bits per heavy atom. The topological polar surface area (TPSA) is 55.4 Å². The number of ether oxygens (including phenoxy) is 6. The molecule has 0 saturated carbocycles. The van der Waals surface area contributed by atoms with Crippen LogP contribution in [0.3, 0.4) is 0 Å². The highest BCUT2D eigenvalue weighted by molar-refractivity contribution is 5.31. The van der Waals surface area contributed by atoms with Crippen molar-refractivity contribution in [1.29, 1.82) is 0 Å². The molecule has 2 saturated heterocycles. The molecule has 2 fully saturated rings. The summed E-state index contributed by atoms with van der Waals surface area (Å²) in [6, 6.07) is 7.48. The summed E-state index contributed by atoms with van der Waals surface area (Å²) >= 11 is 0. The second-order valence-electron chi connectivity index (χ2n) is 7.39. The van der Waals surface area contributed by atoms with Gasteiger partial charge in [-0.2, -0.15) is 0 Å². The predicted octanol–water partition coefficient (Wildman–Crippen LogP) is 3.25. The fraction of sp³-hybridized carbons (Fsp3) is 0.700. The highest BCUT2D eigenvalue weighted by atomic mass is 16.7. The van der Waals surface area contributed by atoms with E-state index >= 15 is 0 Å². The molecule has 6 heteroatoms. The Morgan fingerprint density at radius 3 is 1.38 bits per heavy atom. The molecule has 0 spiro atoms. The van der Waals surface area contributed by atoms with Crippen LogP contribution in [-0.2, 0) is 18.9 Å². The van der Waals surface area contributed by atoms with Gasteiger partial charge >= 0.3 is 0 Å². The van der Waals surface area contributed by atoms with Gasteiger partial charge in [-0.15, -0.1) is 0 Å². The molecule has 146 valence electrons. The molecule has 0 bridgehead atoms. The van der Waals surface area contributed by atoms with Gasteiger partial charge in [0.2, 0.25) is 0 Å². The van der Waals surface area contributed by atoms with Crippen molar-refractivity contribution in [2.24, 2.45) is 10.8 Å². The first-order valence-electron chi connectivity index (χ1n) is 9.36. The van der Waals surface area contributed by atoms with Crippen LogP contribution < -0.4 is 9.47 Å². The Balaban J connectivity index is 1.29. The van der Waals surface area contributed by atoms with E-state index in [0.29, 0.717) is 13.2 Å². The first kappa shape index (κ1) is 19.4. The van der Waals surface area contributed by atoms with E-state index in [1.807, 2.05) is 24.3 Å². The van der Waals surface area contributed by atoms with E-state index in [-0.39, 0.29) is 24.4 Å². The Hall–Kier alpha value is -1.34. The minimum Gasteiger partial charge on any atom is -0.468 e. The van der Waals surface area contributed by atoms with E-state index in [1.165, 1.54) is 0 Å². The zero-order valence-electron chi connectivity index (χ0n) is 15.8. The molecule has 6 nitrogen and oxygen atoms in total. The van der Waals surface area contributed by atoms with E-state index in [0.717, 1.165) is 50.8 Å². The zero-order valence-corrected chi connectivity index (χ0v) is 15.8. The van der Waals surface area contributed by atoms with Crippen LogP contribution in [-0.4, -0.2) is 53.2 Å². The minimum absolute atomic E-state index is 0.184. The molecule has 0 aromatic heterocycles. The zero-order chi connectivity index (χ0) is 18.3. The molecule has 0 amide bonds. The van der Waals surface area contributed by atoms with Crippen LogP contribution in [0.15, 0.2) is 24.3 Å². The van der Waals surface area contributed by atoms with Gasteiger partial charge in [-0.1, -0.05) is 13.8 Å². The summed E-state index contributed by atoms with van der Waals surface area (Å²) < 4.78 is 33.1. The number of hydrogen-bond acceptors (Lipinski definition) is 6. The lowest BCUT2D eigenvalue weighted by Crippen LogP contribution is -2.46. The molecule has 3 rings (SSSR count). The third kappa shape index (κ3) is 4.88. The third-order valence-electron chi connectivity index (χ3n) is 5.39. The van der Waals surface area contributed by atoms with Gasteiger partial charge in [-0.3, -0.25) is 0 Å². The van der Waals surface area contributed by atoms with Gasteiger partial charge in [-0.05, 0) is 37.1 Å². The molecule has 2 aliphatic heterocycles. The van der Waals surface area contributed by atoms with Crippen LogP contribution >= 0.6 is 0 Å². The first-order valence-corrected chi connectivity index (χ1v) is 9.36. The maximum Gasteiger partial charge on any atom is 0.189 e. The van der Waals surface area contributed by atoms with Gasteiger partial charge in [0.25, 0.3) is 0 Å². The van der Waals surface area contributed by atoms with E-state index < -0.39 is 0 Å². The van der Waals surface area contributed by atoms with Crippen LogP contribution in [0.1, 0.15) is 26.7 Å². The lowest BCUT2D eigenvalue weighted by Gasteiger charge is -2.40. The summed E-state index contributed by atoms with van der Waals surface area (Å²) in [5.74, 6) is 1.51. The summed E-state index contributed by atoms with van der Waals surface area (Å²) in [5.41, 5.74) is 0.367. The quantitative estimate of drug-likeness (QED) is 0.418. The molecule has 1 aromatic rings. The third-order valence-corrected chi connectivity index (χ3v) is 5.39. The SMILES string of the molecule is CCC1(COCOc2ccc(OCOCC3(CC)COC3)cc2)COC1. The van der Waals surface area contributed by atoms with Gasteiger partial charge in [0, 0.05) is 10.8 Å². The number of rotatable bonds is 12. The van der Waals surface area contributed by atoms with Gasteiger partial charge in [0.1, 0.15) is 11.5 Å². The molecule has 0 aliphatic carbocycles. The lowest BCUT2D eigenvalue weighted by atomic mass is 9.84. The van der Waals surface area contributed by atoms with Crippen molar-refractivity contribution in [2.75, 3.05) is 53.2 Å². The van der Waals surface area contributed by atoms with Gasteiger partial charge in [0.15, 0.2) is 13.6 Å². The minimum atomic E-state index is 0.184. The van der Waals surface area contributed by atoms with Crippen LogP contribution in [0.5, 0.6) is 11.5 Å². The van der Waals surface area contributed by atoms with Crippen LogP contribution in [0.25, 0.3) is 0 Å². The number of benzene rings is 1. The summed E-state index contributed by atoms with van der Waals surface area (Å²) in [6.45, 7) is 9.29. The molecule has 0 N–H and O–H groups in total. The van der Waals surface area contributed by atoms with Crippen molar-refractivity contribution in [2.45, 2.75) is 26.7 Å². The molecule has 0 atom stereocenters. The van der Waals surface area contributed by atoms with Gasteiger partial charge in [0.05, 0.1) is 39.6 Å². The van der Waals surface area contributed by atoms with E-state index in [2.05, 4.69) is 13.8 Å². The summed E-state index contributed by atoms with van der Waals surface area (Å²) in [6.07, 6.45) is 2.13. The van der Waals surface area contributed by atoms with E-state index in [4.69, 9.17) is 28.4 Å². The Kier molecular flexibility index (Phi) is 6.75. The molecule has 0 unspecified atom stereocenters. The second kappa shape index (κ2) is 9.04. The molecule has 26 heavy (non-hydrogen) atoms. The Labute approximate surface area is 155 Å². The first-order chi connectivity index (χ1) is 12.7. The van der Waals surface area contributed by atoms with Crippen molar-refractivity contribution < 1.29 is 28.4 Å². The van der Waals surface area contributed by atoms with Crippen LogP contribution in [0.2, 0.25) is 0 Å². The average Bonchev–Trinajstić information content (AvgIpc) is 2.60. The van der Waals surface area contributed by atoms with Gasteiger partial charge in [-0.25, -0.2) is 0 Å². The van der Waals surface area contributed by atoms with E-state index in [9.17, 15) is 0 Å². The maximum absolute atomic E-state index is 5.64.